The lowest BCUT2D eigenvalue weighted by molar-refractivity contribution is 0.142. The van der Waals surface area contributed by atoms with Crippen molar-refractivity contribution in [3.8, 4) is 0 Å². The molecule has 1 aliphatic heterocycles. The monoisotopic (exact) mass is 226 g/mol. The summed E-state index contributed by atoms with van der Waals surface area (Å²) in [5.74, 6) is 0. The van der Waals surface area contributed by atoms with E-state index in [2.05, 4.69) is 10.3 Å². The normalized spacial score (nSPS) is 22.6. The Morgan fingerprint density at radius 1 is 1.53 bits per heavy atom. The highest BCUT2D eigenvalue weighted by Crippen LogP contribution is 2.13. The molecule has 84 valence electrons. The highest BCUT2D eigenvalue weighted by molar-refractivity contribution is 7.11. The molecule has 1 N–H and O–H groups in total. The minimum absolute atomic E-state index is 0.620. The Morgan fingerprint density at radius 2 is 2.47 bits per heavy atom. The fourth-order valence-electron chi connectivity index (χ4n) is 1.84. The third-order valence-electron chi connectivity index (χ3n) is 2.69. The predicted molar refractivity (Wildman–Crippen MR) is 62.1 cm³/mol. The maximum absolute atomic E-state index is 5.43. The molecule has 15 heavy (non-hydrogen) atoms. The molecule has 0 saturated carbocycles. The Bertz CT molecular complexity index is 293. The molecule has 1 atom stereocenters. The van der Waals surface area contributed by atoms with Gasteiger partial charge in [0.25, 0.3) is 0 Å². The van der Waals surface area contributed by atoms with Gasteiger partial charge in [0.15, 0.2) is 0 Å². The van der Waals surface area contributed by atoms with E-state index >= 15 is 0 Å². The summed E-state index contributed by atoms with van der Waals surface area (Å²) in [6, 6.07) is 0.620. The van der Waals surface area contributed by atoms with Crippen molar-refractivity contribution in [1.29, 1.82) is 0 Å². The van der Waals surface area contributed by atoms with Gasteiger partial charge < -0.3 is 10.1 Å². The van der Waals surface area contributed by atoms with Crippen LogP contribution in [-0.4, -0.2) is 24.2 Å². The van der Waals surface area contributed by atoms with Crippen molar-refractivity contribution in [3.05, 3.63) is 16.1 Å². The van der Waals surface area contributed by atoms with E-state index < -0.39 is 0 Å². The van der Waals surface area contributed by atoms with Gasteiger partial charge in [-0.15, -0.1) is 11.3 Å². The lowest BCUT2D eigenvalue weighted by Crippen LogP contribution is -2.28. The summed E-state index contributed by atoms with van der Waals surface area (Å²) in [4.78, 5) is 5.58. The van der Waals surface area contributed by atoms with Gasteiger partial charge in [0.2, 0.25) is 0 Å². The van der Waals surface area contributed by atoms with E-state index in [1.165, 1.54) is 17.7 Å². The van der Waals surface area contributed by atoms with Crippen molar-refractivity contribution in [2.45, 2.75) is 38.8 Å². The van der Waals surface area contributed by atoms with Crippen molar-refractivity contribution in [2.24, 2.45) is 0 Å². The van der Waals surface area contributed by atoms with E-state index in [1.54, 1.807) is 11.3 Å². The summed E-state index contributed by atoms with van der Waals surface area (Å²) in [6.07, 6.45) is 5.52. The van der Waals surface area contributed by atoms with Crippen LogP contribution in [0.4, 0.5) is 0 Å². The number of aryl methyl sites for hydroxylation is 1. The second-order valence-electron chi connectivity index (χ2n) is 3.97. The first-order valence-electron chi connectivity index (χ1n) is 5.57. The van der Waals surface area contributed by atoms with Gasteiger partial charge in [0, 0.05) is 36.9 Å². The number of ether oxygens (including phenoxy) is 1. The van der Waals surface area contributed by atoms with E-state index in [-0.39, 0.29) is 0 Å². The van der Waals surface area contributed by atoms with Crippen molar-refractivity contribution in [3.63, 3.8) is 0 Å². The van der Waals surface area contributed by atoms with Gasteiger partial charge in [-0.25, -0.2) is 4.98 Å². The molecule has 2 rings (SSSR count). The fraction of sp³-hybridized carbons (Fsp3) is 0.727. The minimum atomic E-state index is 0.620. The van der Waals surface area contributed by atoms with Crippen LogP contribution < -0.4 is 5.32 Å². The molecule has 2 heterocycles. The number of thiazole rings is 1. The van der Waals surface area contributed by atoms with Crippen LogP contribution in [0.25, 0.3) is 0 Å². The highest BCUT2D eigenvalue weighted by Gasteiger charge is 2.11. The number of hydrogen-bond donors (Lipinski definition) is 1. The molecule has 1 aliphatic rings. The molecule has 0 radical (unpaired) electrons. The average molecular weight is 226 g/mol. The van der Waals surface area contributed by atoms with E-state index in [4.69, 9.17) is 4.74 Å². The lowest BCUT2D eigenvalue weighted by atomic mass is 10.1. The Morgan fingerprint density at radius 3 is 3.27 bits per heavy atom. The summed E-state index contributed by atoms with van der Waals surface area (Å²) in [5, 5.41) is 4.73. The van der Waals surface area contributed by atoms with Gasteiger partial charge in [-0.3, -0.25) is 0 Å². The first-order chi connectivity index (χ1) is 7.34. The van der Waals surface area contributed by atoms with Gasteiger partial charge in [0.1, 0.15) is 0 Å². The van der Waals surface area contributed by atoms with Gasteiger partial charge in [-0.1, -0.05) is 0 Å². The largest absolute Gasteiger partial charge is 0.381 e. The number of nitrogens with one attached hydrogen (secondary N) is 1. The topological polar surface area (TPSA) is 34.2 Å². The van der Waals surface area contributed by atoms with Gasteiger partial charge in [0.05, 0.1) is 5.01 Å². The lowest BCUT2D eigenvalue weighted by Gasteiger charge is -2.14. The van der Waals surface area contributed by atoms with E-state index in [0.717, 1.165) is 31.2 Å². The molecular weight excluding hydrogens is 208 g/mol. The highest BCUT2D eigenvalue weighted by atomic mass is 32.1. The summed E-state index contributed by atoms with van der Waals surface area (Å²) in [7, 11) is 0. The van der Waals surface area contributed by atoms with Crippen molar-refractivity contribution < 1.29 is 4.74 Å². The summed E-state index contributed by atoms with van der Waals surface area (Å²) >= 11 is 1.78. The molecule has 0 unspecified atom stereocenters. The molecule has 4 heteroatoms. The second-order valence-corrected chi connectivity index (χ2v) is 5.29. The fourth-order valence-corrected chi connectivity index (χ4v) is 2.59. The molecular formula is C11H18N2OS. The number of hydrogen-bond acceptors (Lipinski definition) is 4. The standard InChI is InChI=1S/C11H18N2OS/c1-9-12-7-11(15-9)8-13-10-3-2-5-14-6-4-10/h7,10,13H,2-6,8H2,1H3/t10-/m0/s1. The van der Waals surface area contributed by atoms with Crippen LogP contribution in [0.5, 0.6) is 0 Å². The molecule has 3 nitrogen and oxygen atoms in total. The Hall–Kier alpha value is -0.450. The molecule has 1 saturated heterocycles. The van der Waals surface area contributed by atoms with Crippen LogP contribution in [0.15, 0.2) is 6.20 Å². The quantitative estimate of drug-likeness (QED) is 0.857. The SMILES string of the molecule is Cc1ncc(CN[C@H]2CCCOCC2)s1. The third-order valence-corrected chi connectivity index (χ3v) is 3.60. The third kappa shape index (κ3) is 3.55. The van der Waals surface area contributed by atoms with Crippen molar-refractivity contribution >= 4 is 11.3 Å². The van der Waals surface area contributed by atoms with Gasteiger partial charge in [-0.05, 0) is 26.2 Å². The van der Waals surface area contributed by atoms with Crippen LogP contribution in [0.2, 0.25) is 0 Å². The van der Waals surface area contributed by atoms with E-state index in [9.17, 15) is 0 Å². The second kappa shape index (κ2) is 5.58. The molecule has 0 aliphatic carbocycles. The Kier molecular flexibility index (Phi) is 4.11. The summed E-state index contributed by atoms with van der Waals surface area (Å²) in [5.41, 5.74) is 0. The van der Waals surface area contributed by atoms with Crippen LogP contribution in [0, 0.1) is 6.92 Å². The number of aromatic nitrogens is 1. The van der Waals surface area contributed by atoms with E-state index in [1.807, 2.05) is 13.1 Å². The maximum Gasteiger partial charge on any atom is 0.0897 e. The molecule has 1 fully saturated rings. The van der Waals surface area contributed by atoms with Gasteiger partial charge >= 0.3 is 0 Å². The van der Waals surface area contributed by atoms with Crippen LogP contribution in [-0.2, 0) is 11.3 Å². The maximum atomic E-state index is 5.43. The smallest absolute Gasteiger partial charge is 0.0897 e. The number of rotatable bonds is 3. The zero-order valence-corrected chi connectivity index (χ0v) is 9.98. The number of nitrogens with zero attached hydrogens (tertiary/aromatic N) is 1. The molecule has 0 bridgehead atoms. The Balaban J connectivity index is 1.76. The summed E-state index contributed by atoms with van der Waals surface area (Å²) in [6.45, 7) is 4.83. The molecule has 1 aromatic heterocycles. The Labute approximate surface area is 94.9 Å². The van der Waals surface area contributed by atoms with Gasteiger partial charge in [-0.2, -0.15) is 0 Å². The van der Waals surface area contributed by atoms with Crippen molar-refractivity contribution in [2.75, 3.05) is 13.2 Å². The predicted octanol–water partition coefficient (Wildman–Crippen LogP) is 2.11. The minimum Gasteiger partial charge on any atom is -0.381 e. The molecule has 0 aromatic carbocycles. The van der Waals surface area contributed by atoms with Crippen LogP contribution in [0.3, 0.4) is 0 Å². The van der Waals surface area contributed by atoms with Crippen LogP contribution >= 0.6 is 11.3 Å². The van der Waals surface area contributed by atoms with E-state index in [0.29, 0.717) is 6.04 Å². The average Bonchev–Trinajstić information content (AvgIpc) is 2.52. The zero-order chi connectivity index (χ0) is 10.5. The van der Waals surface area contributed by atoms with Crippen LogP contribution in [0.1, 0.15) is 29.1 Å². The first kappa shape index (κ1) is 11.0. The molecule has 0 spiro atoms. The first-order valence-corrected chi connectivity index (χ1v) is 6.38. The molecule has 1 aromatic rings. The summed E-state index contributed by atoms with van der Waals surface area (Å²) < 4.78 is 5.43. The molecule has 0 amide bonds. The zero-order valence-electron chi connectivity index (χ0n) is 9.16. The van der Waals surface area contributed by atoms with Crippen molar-refractivity contribution in [1.82, 2.24) is 10.3 Å².